The highest BCUT2D eigenvalue weighted by molar-refractivity contribution is 7.13. The zero-order chi connectivity index (χ0) is 15.2. The summed E-state index contributed by atoms with van der Waals surface area (Å²) in [6, 6.07) is 11.2. The summed E-state index contributed by atoms with van der Waals surface area (Å²) in [5, 5.41) is 10.8. The first-order chi connectivity index (χ1) is 10.9. The molecule has 0 fully saturated rings. The summed E-state index contributed by atoms with van der Waals surface area (Å²) in [5.41, 5.74) is 0. The lowest BCUT2D eigenvalue weighted by molar-refractivity contribution is 0.189. The van der Waals surface area contributed by atoms with Gasteiger partial charge in [0, 0.05) is 0 Å². The van der Waals surface area contributed by atoms with E-state index in [4.69, 9.17) is 19.0 Å². The van der Waals surface area contributed by atoms with E-state index in [1.54, 1.807) is 29.7 Å². The fourth-order valence-corrected chi connectivity index (χ4v) is 2.56. The average Bonchev–Trinajstić information content (AvgIpc) is 3.22. The Bertz CT molecular complexity index is 709. The minimum absolute atomic E-state index is 0.0434. The molecule has 0 aliphatic rings. The fraction of sp³-hybridized carbons (Fsp3) is 0.188. The standard InChI is InChI=1S/C16H15NO4S/c18-7-8-19-12-4-1-2-5-13(12)20-11-16-17-10-14(21-16)15-6-3-9-22-15/h1-6,9-10,18H,7-8,11H2. The van der Waals surface area contributed by atoms with Gasteiger partial charge in [0.15, 0.2) is 23.9 Å². The topological polar surface area (TPSA) is 64.7 Å². The second kappa shape index (κ2) is 7.11. The van der Waals surface area contributed by atoms with E-state index < -0.39 is 0 Å². The van der Waals surface area contributed by atoms with Crippen LogP contribution in [0.25, 0.3) is 10.6 Å². The lowest BCUT2D eigenvalue weighted by Gasteiger charge is -2.10. The van der Waals surface area contributed by atoms with Gasteiger partial charge >= 0.3 is 0 Å². The summed E-state index contributed by atoms with van der Waals surface area (Å²) < 4.78 is 16.8. The van der Waals surface area contributed by atoms with Crippen LogP contribution in [0, 0.1) is 0 Å². The van der Waals surface area contributed by atoms with E-state index in [2.05, 4.69) is 4.98 Å². The molecule has 3 aromatic rings. The van der Waals surface area contributed by atoms with Crippen LogP contribution in [0.4, 0.5) is 0 Å². The first-order valence-electron chi connectivity index (χ1n) is 6.81. The van der Waals surface area contributed by atoms with E-state index in [0.717, 1.165) is 10.6 Å². The number of aliphatic hydroxyl groups is 1. The van der Waals surface area contributed by atoms with Crippen molar-refractivity contribution in [3.8, 4) is 22.1 Å². The molecule has 0 radical (unpaired) electrons. The molecule has 0 bridgehead atoms. The average molecular weight is 317 g/mol. The number of aromatic nitrogens is 1. The molecule has 3 rings (SSSR count). The van der Waals surface area contributed by atoms with Gasteiger partial charge in [-0.1, -0.05) is 18.2 Å². The van der Waals surface area contributed by atoms with Gasteiger partial charge in [0.2, 0.25) is 5.89 Å². The molecule has 114 valence electrons. The number of benzene rings is 1. The molecule has 1 N–H and O–H groups in total. The van der Waals surface area contributed by atoms with Gasteiger partial charge in [-0.3, -0.25) is 0 Å². The molecule has 0 saturated carbocycles. The number of hydrogen-bond donors (Lipinski definition) is 1. The highest BCUT2D eigenvalue weighted by Gasteiger charge is 2.09. The van der Waals surface area contributed by atoms with Crippen molar-refractivity contribution in [1.29, 1.82) is 0 Å². The summed E-state index contributed by atoms with van der Waals surface area (Å²) in [5.74, 6) is 2.41. The number of hydrogen-bond acceptors (Lipinski definition) is 6. The van der Waals surface area contributed by atoms with Crippen LogP contribution in [0.15, 0.2) is 52.4 Å². The van der Waals surface area contributed by atoms with Crippen molar-refractivity contribution in [2.45, 2.75) is 6.61 Å². The van der Waals surface area contributed by atoms with Crippen LogP contribution in [-0.4, -0.2) is 23.3 Å². The Kier molecular flexibility index (Phi) is 4.72. The van der Waals surface area contributed by atoms with Crippen LogP contribution in [-0.2, 0) is 6.61 Å². The SMILES string of the molecule is OCCOc1ccccc1OCc1ncc(-c2cccs2)o1. The Morgan fingerprint density at radius 1 is 1.09 bits per heavy atom. The zero-order valence-electron chi connectivity index (χ0n) is 11.8. The third-order valence-electron chi connectivity index (χ3n) is 2.87. The highest BCUT2D eigenvalue weighted by atomic mass is 32.1. The van der Waals surface area contributed by atoms with Gasteiger partial charge in [-0.15, -0.1) is 11.3 Å². The van der Waals surface area contributed by atoms with Gasteiger partial charge in [-0.2, -0.15) is 0 Å². The van der Waals surface area contributed by atoms with E-state index in [1.165, 1.54) is 0 Å². The normalized spacial score (nSPS) is 10.6. The largest absolute Gasteiger partial charge is 0.487 e. The third-order valence-corrected chi connectivity index (χ3v) is 3.75. The van der Waals surface area contributed by atoms with Gasteiger partial charge < -0.3 is 19.0 Å². The predicted molar refractivity (Wildman–Crippen MR) is 83.2 cm³/mol. The Morgan fingerprint density at radius 2 is 1.91 bits per heavy atom. The summed E-state index contributed by atoms with van der Waals surface area (Å²) in [6.07, 6.45) is 1.69. The maximum atomic E-state index is 8.83. The van der Waals surface area contributed by atoms with Crippen molar-refractivity contribution < 1.29 is 19.0 Å². The van der Waals surface area contributed by atoms with Crippen molar-refractivity contribution in [2.24, 2.45) is 0 Å². The highest BCUT2D eigenvalue weighted by Crippen LogP contribution is 2.28. The number of oxazole rings is 1. The molecule has 2 aromatic heterocycles. The Hall–Kier alpha value is -2.31. The van der Waals surface area contributed by atoms with Gasteiger partial charge in [0.05, 0.1) is 17.7 Å². The first-order valence-corrected chi connectivity index (χ1v) is 7.69. The maximum absolute atomic E-state index is 8.83. The molecule has 0 atom stereocenters. The van der Waals surface area contributed by atoms with Gasteiger partial charge in [0.25, 0.3) is 0 Å². The first kappa shape index (κ1) is 14.6. The smallest absolute Gasteiger partial charge is 0.232 e. The van der Waals surface area contributed by atoms with Crippen molar-refractivity contribution in [1.82, 2.24) is 4.98 Å². The summed E-state index contributed by atoms with van der Waals surface area (Å²) in [4.78, 5) is 5.25. The van der Waals surface area contributed by atoms with E-state index >= 15 is 0 Å². The minimum Gasteiger partial charge on any atom is -0.487 e. The van der Waals surface area contributed by atoms with Crippen LogP contribution < -0.4 is 9.47 Å². The predicted octanol–water partition coefficient (Wildman–Crippen LogP) is 3.35. The Labute approximate surface area is 131 Å². The number of aliphatic hydroxyl groups excluding tert-OH is 1. The molecule has 0 spiro atoms. The quantitative estimate of drug-likeness (QED) is 0.724. The van der Waals surface area contributed by atoms with Gasteiger partial charge in [0.1, 0.15) is 6.61 Å². The molecule has 0 unspecified atom stereocenters. The number of para-hydroxylation sites is 2. The Morgan fingerprint density at radius 3 is 2.64 bits per heavy atom. The molecule has 0 amide bonds. The van der Waals surface area contributed by atoms with Crippen LogP contribution in [0.1, 0.15) is 5.89 Å². The molecule has 22 heavy (non-hydrogen) atoms. The van der Waals surface area contributed by atoms with E-state index in [9.17, 15) is 0 Å². The molecule has 6 heteroatoms. The van der Waals surface area contributed by atoms with Crippen LogP contribution in [0.2, 0.25) is 0 Å². The molecular formula is C16H15NO4S. The van der Waals surface area contributed by atoms with E-state index in [1.807, 2.05) is 29.6 Å². The second-order valence-corrected chi connectivity index (χ2v) is 5.35. The Balaban J connectivity index is 1.65. The van der Waals surface area contributed by atoms with Crippen LogP contribution >= 0.6 is 11.3 Å². The van der Waals surface area contributed by atoms with Crippen molar-refractivity contribution in [2.75, 3.05) is 13.2 Å². The second-order valence-electron chi connectivity index (χ2n) is 4.40. The molecule has 0 saturated heterocycles. The summed E-state index contributed by atoms with van der Waals surface area (Å²) in [6.45, 7) is 0.394. The summed E-state index contributed by atoms with van der Waals surface area (Å²) in [7, 11) is 0. The molecular weight excluding hydrogens is 302 g/mol. The van der Waals surface area contributed by atoms with Crippen molar-refractivity contribution >= 4 is 11.3 Å². The lowest BCUT2D eigenvalue weighted by Crippen LogP contribution is -2.04. The van der Waals surface area contributed by atoms with Crippen LogP contribution in [0.3, 0.4) is 0 Å². The molecule has 0 aliphatic carbocycles. The molecule has 0 aliphatic heterocycles. The number of rotatable bonds is 7. The van der Waals surface area contributed by atoms with Crippen LogP contribution in [0.5, 0.6) is 11.5 Å². The minimum atomic E-state index is -0.0434. The van der Waals surface area contributed by atoms with E-state index in [-0.39, 0.29) is 19.8 Å². The number of ether oxygens (including phenoxy) is 2. The zero-order valence-corrected chi connectivity index (χ0v) is 12.6. The van der Waals surface area contributed by atoms with E-state index in [0.29, 0.717) is 17.4 Å². The number of nitrogens with zero attached hydrogens (tertiary/aromatic N) is 1. The monoisotopic (exact) mass is 317 g/mol. The lowest BCUT2D eigenvalue weighted by atomic mass is 10.3. The third kappa shape index (κ3) is 3.47. The molecule has 1 aromatic carbocycles. The van der Waals surface area contributed by atoms with Gasteiger partial charge in [-0.25, -0.2) is 4.98 Å². The van der Waals surface area contributed by atoms with Gasteiger partial charge in [-0.05, 0) is 23.6 Å². The maximum Gasteiger partial charge on any atom is 0.232 e. The molecule has 5 nitrogen and oxygen atoms in total. The summed E-state index contributed by atoms with van der Waals surface area (Å²) >= 11 is 1.60. The fourth-order valence-electron chi connectivity index (χ4n) is 1.89. The number of thiophene rings is 1. The van der Waals surface area contributed by atoms with Crippen molar-refractivity contribution in [3.63, 3.8) is 0 Å². The molecule has 2 heterocycles. The van der Waals surface area contributed by atoms with Crippen molar-refractivity contribution in [3.05, 3.63) is 53.9 Å².